The monoisotopic (exact) mass is 177 g/mol. The lowest BCUT2D eigenvalue weighted by Crippen LogP contribution is -1.94. The highest BCUT2D eigenvalue weighted by atomic mass is 16.3. The smallest absolute Gasteiger partial charge is 0.272 e. The molecule has 1 heterocycles. The molecule has 0 N–H and O–H groups in total. The van der Waals surface area contributed by atoms with Gasteiger partial charge in [0, 0.05) is 17.4 Å². The molecule has 1 rings (SSSR count). The second-order valence-corrected chi connectivity index (χ2v) is 2.78. The summed E-state index contributed by atoms with van der Waals surface area (Å²) in [6.07, 6.45) is 3.04. The van der Waals surface area contributed by atoms with Crippen molar-refractivity contribution in [2.24, 2.45) is 4.99 Å². The highest BCUT2D eigenvalue weighted by Gasteiger charge is 1.99. The molecule has 0 saturated carbocycles. The molecule has 0 spiro atoms. The molecule has 0 saturated heterocycles. The number of hydrogen-bond acceptors (Lipinski definition) is 2. The number of amides is 1. The van der Waals surface area contributed by atoms with Crippen LogP contribution in [0, 0.1) is 6.92 Å². The van der Waals surface area contributed by atoms with Gasteiger partial charge in [0.15, 0.2) is 0 Å². The number of rotatable bonds is 2. The molecule has 0 radical (unpaired) electrons. The molecular weight excluding hydrogens is 166 g/mol. The van der Waals surface area contributed by atoms with Crippen molar-refractivity contribution in [3.8, 4) is 0 Å². The third-order valence-corrected chi connectivity index (χ3v) is 1.58. The number of nitrogens with zero attached hydrogens (tertiary/aromatic N) is 1. The largest absolute Gasteiger partial charge is 0.469 e. The van der Waals surface area contributed by atoms with E-state index in [0.717, 1.165) is 11.3 Å². The fourth-order valence-corrected chi connectivity index (χ4v) is 0.767. The van der Waals surface area contributed by atoms with E-state index in [1.165, 1.54) is 6.21 Å². The van der Waals surface area contributed by atoms with Crippen LogP contribution in [-0.4, -0.2) is 12.1 Å². The Bertz CT molecular complexity index is 361. The van der Waals surface area contributed by atoms with Crippen LogP contribution in [0.25, 0.3) is 0 Å². The lowest BCUT2D eigenvalue weighted by Gasteiger charge is -1.89. The lowest BCUT2D eigenvalue weighted by atomic mass is 10.3. The van der Waals surface area contributed by atoms with Crippen molar-refractivity contribution in [3.05, 3.63) is 35.8 Å². The van der Waals surface area contributed by atoms with Gasteiger partial charge in [-0.15, -0.1) is 0 Å². The summed E-state index contributed by atoms with van der Waals surface area (Å²) in [6, 6.07) is 1.75. The van der Waals surface area contributed by atoms with E-state index in [1.54, 1.807) is 19.3 Å². The van der Waals surface area contributed by atoms with Gasteiger partial charge in [0.2, 0.25) is 0 Å². The first-order chi connectivity index (χ1) is 6.11. The summed E-state index contributed by atoms with van der Waals surface area (Å²) in [7, 11) is 0. The van der Waals surface area contributed by atoms with Crippen LogP contribution in [0.2, 0.25) is 0 Å². The summed E-state index contributed by atoms with van der Waals surface area (Å²) in [5, 5.41) is 0. The van der Waals surface area contributed by atoms with Gasteiger partial charge in [-0.1, -0.05) is 6.58 Å². The van der Waals surface area contributed by atoms with E-state index in [-0.39, 0.29) is 5.91 Å². The zero-order chi connectivity index (χ0) is 9.84. The number of carbonyl (C=O) groups is 1. The zero-order valence-corrected chi connectivity index (χ0v) is 7.70. The molecule has 0 aliphatic carbocycles. The Balaban J connectivity index is 2.75. The van der Waals surface area contributed by atoms with Gasteiger partial charge < -0.3 is 4.42 Å². The van der Waals surface area contributed by atoms with Crippen LogP contribution in [0.1, 0.15) is 18.2 Å². The molecular formula is C10H11NO2. The normalized spacial score (nSPS) is 10.6. The molecule has 1 aromatic heterocycles. The average molecular weight is 177 g/mol. The fraction of sp³-hybridized carbons (Fsp3) is 0.200. The average Bonchev–Trinajstić information content (AvgIpc) is 2.47. The zero-order valence-electron chi connectivity index (χ0n) is 7.70. The van der Waals surface area contributed by atoms with Gasteiger partial charge in [-0.05, 0) is 19.9 Å². The second kappa shape index (κ2) is 3.85. The maximum absolute atomic E-state index is 11.0. The van der Waals surface area contributed by atoms with Crippen LogP contribution in [0.4, 0.5) is 0 Å². The summed E-state index contributed by atoms with van der Waals surface area (Å²) in [5.74, 6) is 0.443. The summed E-state index contributed by atoms with van der Waals surface area (Å²) < 4.78 is 5.03. The number of aliphatic imine (C=N–C) groups is 1. The summed E-state index contributed by atoms with van der Waals surface area (Å²) in [6.45, 7) is 6.93. The summed E-state index contributed by atoms with van der Waals surface area (Å²) >= 11 is 0. The van der Waals surface area contributed by atoms with Crippen LogP contribution >= 0.6 is 0 Å². The Labute approximate surface area is 76.8 Å². The number of furan rings is 1. The van der Waals surface area contributed by atoms with E-state index in [2.05, 4.69) is 11.6 Å². The topological polar surface area (TPSA) is 42.6 Å². The first kappa shape index (κ1) is 9.45. The first-order valence-corrected chi connectivity index (χ1v) is 3.89. The number of carbonyl (C=O) groups excluding carboxylic acids is 1. The predicted octanol–water partition coefficient (Wildman–Crippen LogP) is 2.11. The van der Waals surface area contributed by atoms with Crippen molar-refractivity contribution in [2.75, 3.05) is 0 Å². The Morgan fingerprint density at radius 1 is 1.69 bits per heavy atom. The highest BCUT2D eigenvalue weighted by Crippen LogP contribution is 2.05. The van der Waals surface area contributed by atoms with Gasteiger partial charge >= 0.3 is 0 Å². The molecule has 0 aliphatic rings. The van der Waals surface area contributed by atoms with Gasteiger partial charge in [0.1, 0.15) is 5.76 Å². The summed E-state index contributed by atoms with van der Waals surface area (Å²) in [5.41, 5.74) is 1.24. The van der Waals surface area contributed by atoms with Crippen molar-refractivity contribution in [3.63, 3.8) is 0 Å². The maximum Gasteiger partial charge on any atom is 0.272 e. The molecule has 3 heteroatoms. The Kier molecular flexibility index (Phi) is 2.80. The van der Waals surface area contributed by atoms with Crippen molar-refractivity contribution in [1.29, 1.82) is 0 Å². The molecule has 0 atom stereocenters. The Hall–Kier alpha value is -1.64. The van der Waals surface area contributed by atoms with E-state index < -0.39 is 0 Å². The minimum absolute atomic E-state index is 0.305. The molecule has 68 valence electrons. The minimum atomic E-state index is -0.305. The molecule has 13 heavy (non-hydrogen) atoms. The van der Waals surface area contributed by atoms with Crippen LogP contribution in [0.15, 0.2) is 33.9 Å². The van der Waals surface area contributed by atoms with E-state index in [1.807, 2.05) is 6.92 Å². The molecule has 1 aromatic rings. The van der Waals surface area contributed by atoms with Crippen LogP contribution in [-0.2, 0) is 4.79 Å². The predicted molar refractivity (Wildman–Crippen MR) is 50.9 cm³/mol. The first-order valence-electron chi connectivity index (χ1n) is 3.89. The van der Waals surface area contributed by atoms with Gasteiger partial charge in [-0.25, -0.2) is 4.99 Å². The molecule has 1 amide bonds. The van der Waals surface area contributed by atoms with Gasteiger partial charge in [-0.3, -0.25) is 4.79 Å². The van der Waals surface area contributed by atoms with Crippen LogP contribution in [0.5, 0.6) is 0 Å². The van der Waals surface area contributed by atoms with E-state index in [0.29, 0.717) is 5.57 Å². The minimum Gasteiger partial charge on any atom is -0.469 e. The molecule has 0 bridgehead atoms. The van der Waals surface area contributed by atoms with Crippen molar-refractivity contribution in [1.82, 2.24) is 0 Å². The lowest BCUT2D eigenvalue weighted by molar-refractivity contribution is -0.114. The molecule has 3 nitrogen and oxygen atoms in total. The summed E-state index contributed by atoms with van der Waals surface area (Å²) in [4.78, 5) is 14.7. The molecule has 0 unspecified atom stereocenters. The van der Waals surface area contributed by atoms with Gasteiger partial charge in [0.05, 0.1) is 6.26 Å². The number of aryl methyl sites for hydroxylation is 1. The standard InChI is InChI=1S/C10H11NO2/c1-7(2)10(12)11-6-9-4-5-13-8(9)3/h4-6H,1H2,2-3H3. The Morgan fingerprint density at radius 2 is 2.38 bits per heavy atom. The van der Waals surface area contributed by atoms with E-state index >= 15 is 0 Å². The quantitative estimate of drug-likeness (QED) is 0.513. The van der Waals surface area contributed by atoms with Crippen molar-refractivity contribution in [2.45, 2.75) is 13.8 Å². The molecule has 0 aliphatic heterocycles. The van der Waals surface area contributed by atoms with Gasteiger partial charge in [-0.2, -0.15) is 0 Å². The third-order valence-electron chi connectivity index (χ3n) is 1.58. The third kappa shape index (κ3) is 2.40. The second-order valence-electron chi connectivity index (χ2n) is 2.78. The van der Waals surface area contributed by atoms with Crippen molar-refractivity contribution >= 4 is 12.1 Å². The Morgan fingerprint density at radius 3 is 2.85 bits per heavy atom. The fourth-order valence-electron chi connectivity index (χ4n) is 0.767. The van der Waals surface area contributed by atoms with E-state index in [4.69, 9.17) is 4.42 Å². The maximum atomic E-state index is 11.0. The molecule has 0 aromatic carbocycles. The molecule has 0 fully saturated rings. The SMILES string of the molecule is C=C(C)C(=O)N=Cc1ccoc1C. The number of hydrogen-bond donors (Lipinski definition) is 0. The highest BCUT2D eigenvalue weighted by molar-refractivity contribution is 6.00. The van der Waals surface area contributed by atoms with Crippen LogP contribution < -0.4 is 0 Å². The van der Waals surface area contributed by atoms with Crippen molar-refractivity contribution < 1.29 is 9.21 Å². The van der Waals surface area contributed by atoms with Gasteiger partial charge in [0.25, 0.3) is 5.91 Å². The van der Waals surface area contributed by atoms with Crippen LogP contribution in [0.3, 0.4) is 0 Å². The van der Waals surface area contributed by atoms with E-state index in [9.17, 15) is 4.79 Å².